The van der Waals surface area contributed by atoms with E-state index in [4.69, 9.17) is 5.26 Å². The fourth-order valence-corrected chi connectivity index (χ4v) is 0.410. The molecule has 7 heteroatoms. The number of nitrogens with zero attached hydrogens (tertiary/aromatic N) is 1. The van der Waals surface area contributed by atoms with E-state index in [1.807, 2.05) is 0 Å². The second-order valence-corrected chi connectivity index (χ2v) is 1.82. The van der Waals surface area contributed by atoms with Crippen LogP contribution in [0.5, 0.6) is 0 Å². The van der Waals surface area contributed by atoms with Gasteiger partial charge in [-0.1, -0.05) is 0 Å². The first-order valence-electron chi connectivity index (χ1n) is 2.85. The summed E-state index contributed by atoms with van der Waals surface area (Å²) in [5, 5.41) is 10.0. The van der Waals surface area contributed by atoms with Crippen molar-refractivity contribution in [2.45, 2.75) is 6.42 Å². The monoisotopic (exact) mass is 190 g/mol. The maximum Gasteiger partial charge on any atom is 1.00 e. The molecule has 2 nitrogen and oxygen atoms in total. The predicted octanol–water partition coefficient (Wildman–Crippen LogP) is -2.12. The maximum atomic E-state index is 11.4. The summed E-state index contributed by atoms with van der Waals surface area (Å²) in [6, 6.07) is 1.73. The van der Waals surface area contributed by atoms with Gasteiger partial charge in [0.1, 0.15) is 0 Å². The van der Waals surface area contributed by atoms with Crippen molar-refractivity contribution in [1.82, 2.24) is 5.32 Å². The Balaban J connectivity index is 0. The quantitative estimate of drug-likeness (QED) is 0.406. The molecular formula is C4H7BF3KN2. The summed E-state index contributed by atoms with van der Waals surface area (Å²) in [5.41, 5.74) is 0. The van der Waals surface area contributed by atoms with Gasteiger partial charge in [-0.3, -0.25) is 0 Å². The smallest absolute Gasteiger partial charge is 0.448 e. The number of hydrogen-bond acceptors (Lipinski definition) is 2. The van der Waals surface area contributed by atoms with Crippen LogP contribution in [-0.2, 0) is 0 Å². The molecule has 0 aliphatic rings. The number of nitriles is 1. The average Bonchev–Trinajstić information content (AvgIpc) is 1.78. The largest absolute Gasteiger partial charge is 1.00 e. The van der Waals surface area contributed by atoms with Crippen molar-refractivity contribution in [2.24, 2.45) is 0 Å². The molecule has 0 aromatic heterocycles. The minimum absolute atomic E-state index is 0. The van der Waals surface area contributed by atoms with Gasteiger partial charge in [-0.2, -0.15) is 5.26 Å². The summed E-state index contributed by atoms with van der Waals surface area (Å²) in [5.74, 6) is 0. The van der Waals surface area contributed by atoms with Crippen LogP contribution in [-0.4, -0.2) is 20.0 Å². The molecule has 11 heavy (non-hydrogen) atoms. The van der Waals surface area contributed by atoms with Gasteiger partial charge in [-0.05, 0) is 6.44 Å². The zero-order valence-electron chi connectivity index (χ0n) is 6.28. The van der Waals surface area contributed by atoms with Gasteiger partial charge in [-0.25, -0.2) is 0 Å². The van der Waals surface area contributed by atoms with Crippen LogP contribution in [0.3, 0.4) is 0 Å². The third kappa shape index (κ3) is 13.9. The van der Waals surface area contributed by atoms with Crippen LogP contribution >= 0.6 is 0 Å². The Morgan fingerprint density at radius 3 is 2.27 bits per heavy atom. The van der Waals surface area contributed by atoms with Crippen molar-refractivity contribution in [3.63, 3.8) is 0 Å². The van der Waals surface area contributed by atoms with E-state index in [2.05, 4.69) is 5.32 Å². The van der Waals surface area contributed by atoms with Crippen LogP contribution in [0.4, 0.5) is 12.9 Å². The Kier molecular flexibility index (Phi) is 9.97. The Morgan fingerprint density at radius 2 is 1.91 bits per heavy atom. The molecule has 0 saturated heterocycles. The Hall–Kier alpha value is 0.941. The summed E-state index contributed by atoms with van der Waals surface area (Å²) in [6.07, 6.45) is -0.839. The van der Waals surface area contributed by atoms with Gasteiger partial charge in [0.05, 0.1) is 6.07 Å². The average molecular weight is 190 g/mol. The SMILES string of the molecule is N#CCCNC[B-](F)(F)F.[K+]. The molecule has 0 atom stereocenters. The third-order valence-corrected chi connectivity index (χ3v) is 0.789. The van der Waals surface area contributed by atoms with E-state index in [9.17, 15) is 12.9 Å². The van der Waals surface area contributed by atoms with Crippen LogP contribution in [0.25, 0.3) is 0 Å². The molecule has 0 spiro atoms. The van der Waals surface area contributed by atoms with Crippen molar-refractivity contribution < 1.29 is 64.3 Å². The van der Waals surface area contributed by atoms with E-state index in [0.717, 1.165) is 0 Å². The summed E-state index contributed by atoms with van der Waals surface area (Å²) < 4.78 is 34.2. The molecule has 0 unspecified atom stereocenters. The van der Waals surface area contributed by atoms with Crippen molar-refractivity contribution >= 4 is 6.98 Å². The van der Waals surface area contributed by atoms with Crippen LogP contribution in [0.15, 0.2) is 0 Å². The summed E-state index contributed by atoms with van der Waals surface area (Å²) in [4.78, 5) is 0. The van der Waals surface area contributed by atoms with E-state index in [1.54, 1.807) is 6.07 Å². The van der Waals surface area contributed by atoms with Gasteiger partial charge in [0, 0.05) is 13.0 Å². The Morgan fingerprint density at radius 1 is 1.36 bits per heavy atom. The topological polar surface area (TPSA) is 35.8 Å². The van der Waals surface area contributed by atoms with Crippen LogP contribution in [0.2, 0.25) is 0 Å². The normalized spacial score (nSPS) is 10.0. The third-order valence-electron chi connectivity index (χ3n) is 0.789. The van der Waals surface area contributed by atoms with E-state index in [-0.39, 0.29) is 64.4 Å². The molecule has 0 aliphatic heterocycles. The molecule has 0 radical (unpaired) electrons. The first-order valence-corrected chi connectivity index (χ1v) is 2.85. The van der Waals surface area contributed by atoms with Crippen LogP contribution in [0.1, 0.15) is 6.42 Å². The molecule has 0 aromatic carbocycles. The number of nitrogens with one attached hydrogen (secondary N) is 1. The molecule has 0 saturated carbocycles. The van der Waals surface area contributed by atoms with E-state index < -0.39 is 13.4 Å². The van der Waals surface area contributed by atoms with E-state index in [0.29, 0.717) is 0 Å². The standard InChI is InChI=1S/C4H7BF3N2.K/c6-5(7,8)4-10-3-1-2-9;/h10H,1,3-4H2;/q-1;+1. The molecule has 0 rings (SSSR count). The fourth-order valence-electron chi connectivity index (χ4n) is 0.410. The molecular weight excluding hydrogens is 183 g/mol. The molecule has 0 bridgehead atoms. The zero-order valence-corrected chi connectivity index (χ0v) is 9.40. The van der Waals surface area contributed by atoms with Crippen molar-refractivity contribution in [2.75, 3.05) is 13.0 Å². The van der Waals surface area contributed by atoms with Crippen LogP contribution < -0.4 is 56.7 Å². The van der Waals surface area contributed by atoms with E-state index in [1.165, 1.54) is 0 Å². The Labute approximate surface area is 106 Å². The molecule has 0 aromatic rings. The van der Waals surface area contributed by atoms with Gasteiger partial charge in [-0.15, -0.1) is 0 Å². The van der Waals surface area contributed by atoms with E-state index >= 15 is 0 Å². The summed E-state index contributed by atoms with van der Waals surface area (Å²) >= 11 is 0. The second-order valence-electron chi connectivity index (χ2n) is 1.82. The minimum atomic E-state index is -4.74. The molecule has 0 fully saturated rings. The van der Waals surface area contributed by atoms with Gasteiger partial charge in [0.2, 0.25) is 0 Å². The van der Waals surface area contributed by atoms with Crippen molar-refractivity contribution in [1.29, 1.82) is 5.26 Å². The first kappa shape index (κ1) is 14.5. The minimum Gasteiger partial charge on any atom is -0.448 e. The predicted molar refractivity (Wildman–Crippen MR) is 32.2 cm³/mol. The van der Waals surface area contributed by atoms with Crippen molar-refractivity contribution in [3.05, 3.63) is 0 Å². The molecule has 0 aliphatic carbocycles. The van der Waals surface area contributed by atoms with Crippen molar-refractivity contribution in [3.8, 4) is 6.07 Å². The molecule has 58 valence electrons. The van der Waals surface area contributed by atoms with Gasteiger partial charge in [0.15, 0.2) is 0 Å². The second kappa shape index (κ2) is 7.58. The Bertz CT molecular complexity index is 132. The number of rotatable bonds is 4. The molecule has 0 amide bonds. The zero-order chi connectivity index (χ0) is 8.04. The fraction of sp³-hybridized carbons (Fsp3) is 0.750. The molecule has 0 heterocycles. The summed E-state index contributed by atoms with van der Waals surface area (Å²) in [7, 11) is 0. The maximum absolute atomic E-state index is 11.4. The van der Waals surface area contributed by atoms with Gasteiger partial charge in [0.25, 0.3) is 0 Å². The van der Waals surface area contributed by atoms with Gasteiger partial charge >= 0.3 is 58.4 Å². The van der Waals surface area contributed by atoms with Crippen LogP contribution in [0, 0.1) is 11.3 Å². The summed E-state index contributed by atoms with van der Waals surface area (Å²) in [6.45, 7) is -4.63. The number of hydrogen-bond donors (Lipinski definition) is 1. The first-order chi connectivity index (χ1) is 4.56. The number of halogens is 3. The van der Waals surface area contributed by atoms with Gasteiger partial charge < -0.3 is 18.3 Å². The molecule has 1 N–H and O–H groups in total.